The van der Waals surface area contributed by atoms with Crippen molar-refractivity contribution in [1.82, 2.24) is 4.90 Å². The SMILES string of the molecule is OCCCN(CCCO)C1CCC1. The first-order valence-electron chi connectivity index (χ1n) is 5.34. The normalized spacial score (nSPS) is 17.8. The molecule has 3 heteroatoms. The third kappa shape index (κ3) is 3.63. The van der Waals surface area contributed by atoms with Crippen LogP contribution in [0.5, 0.6) is 0 Å². The summed E-state index contributed by atoms with van der Waals surface area (Å²) in [6.07, 6.45) is 5.68. The number of rotatable bonds is 7. The van der Waals surface area contributed by atoms with Crippen molar-refractivity contribution in [3.63, 3.8) is 0 Å². The molecule has 0 aromatic rings. The molecule has 0 bridgehead atoms. The Morgan fingerprint density at radius 2 is 1.54 bits per heavy atom. The van der Waals surface area contributed by atoms with E-state index in [0.717, 1.165) is 32.0 Å². The van der Waals surface area contributed by atoms with Gasteiger partial charge >= 0.3 is 0 Å². The number of hydrogen-bond acceptors (Lipinski definition) is 3. The topological polar surface area (TPSA) is 43.7 Å². The van der Waals surface area contributed by atoms with E-state index in [2.05, 4.69) is 4.90 Å². The van der Waals surface area contributed by atoms with Crippen molar-refractivity contribution in [2.24, 2.45) is 0 Å². The second-order valence-corrected chi connectivity index (χ2v) is 3.78. The maximum atomic E-state index is 8.74. The molecule has 0 spiro atoms. The summed E-state index contributed by atoms with van der Waals surface area (Å²) in [6.45, 7) is 2.53. The van der Waals surface area contributed by atoms with Crippen LogP contribution in [0.1, 0.15) is 32.1 Å². The second-order valence-electron chi connectivity index (χ2n) is 3.78. The van der Waals surface area contributed by atoms with E-state index in [0.29, 0.717) is 0 Å². The molecule has 0 saturated heterocycles. The molecule has 2 N–H and O–H groups in total. The largest absolute Gasteiger partial charge is 0.396 e. The van der Waals surface area contributed by atoms with Crippen molar-refractivity contribution in [2.45, 2.75) is 38.1 Å². The average molecular weight is 187 g/mol. The lowest BCUT2D eigenvalue weighted by Gasteiger charge is -2.37. The maximum Gasteiger partial charge on any atom is 0.0443 e. The van der Waals surface area contributed by atoms with Gasteiger partial charge < -0.3 is 15.1 Å². The van der Waals surface area contributed by atoms with Gasteiger partial charge in [-0.2, -0.15) is 0 Å². The third-order valence-electron chi connectivity index (χ3n) is 2.80. The third-order valence-corrected chi connectivity index (χ3v) is 2.80. The molecule has 3 nitrogen and oxygen atoms in total. The zero-order valence-electron chi connectivity index (χ0n) is 8.28. The Labute approximate surface area is 80.4 Å². The monoisotopic (exact) mass is 187 g/mol. The van der Waals surface area contributed by atoms with E-state index >= 15 is 0 Å². The quantitative estimate of drug-likeness (QED) is 0.613. The summed E-state index contributed by atoms with van der Waals surface area (Å²) in [6, 6.07) is 0.734. The highest BCUT2D eigenvalue weighted by Gasteiger charge is 2.23. The molecule has 0 aliphatic heterocycles. The minimum atomic E-state index is 0.280. The van der Waals surface area contributed by atoms with Gasteiger partial charge in [0.15, 0.2) is 0 Å². The van der Waals surface area contributed by atoms with E-state index in [1.165, 1.54) is 19.3 Å². The van der Waals surface area contributed by atoms with Gasteiger partial charge in [0, 0.05) is 32.3 Å². The van der Waals surface area contributed by atoms with Crippen LogP contribution < -0.4 is 0 Å². The van der Waals surface area contributed by atoms with Gasteiger partial charge in [-0.15, -0.1) is 0 Å². The Morgan fingerprint density at radius 1 is 1.00 bits per heavy atom. The van der Waals surface area contributed by atoms with Crippen LogP contribution in [0.15, 0.2) is 0 Å². The van der Waals surface area contributed by atoms with Crippen LogP contribution in [0.3, 0.4) is 0 Å². The molecule has 1 fully saturated rings. The highest BCUT2D eigenvalue weighted by Crippen LogP contribution is 2.24. The molecule has 1 saturated carbocycles. The lowest BCUT2D eigenvalue weighted by molar-refractivity contribution is 0.107. The number of aliphatic hydroxyl groups excluding tert-OH is 2. The first-order valence-corrected chi connectivity index (χ1v) is 5.34. The van der Waals surface area contributed by atoms with Crippen LogP contribution in [0.2, 0.25) is 0 Å². The van der Waals surface area contributed by atoms with E-state index in [9.17, 15) is 0 Å². The highest BCUT2D eigenvalue weighted by atomic mass is 16.3. The lowest BCUT2D eigenvalue weighted by atomic mass is 9.91. The molecule has 78 valence electrons. The van der Waals surface area contributed by atoms with Crippen molar-refractivity contribution >= 4 is 0 Å². The number of aliphatic hydroxyl groups is 2. The molecule has 0 aromatic carbocycles. The summed E-state index contributed by atoms with van der Waals surface area (Å²) in [5.41, 5.74) is 0. The van der Waals surface area contributed by atoms with Gasteiger partial charge in [0.05, 0.1) is 0 Å². The molecule has 0 heterocycles. The minimum Gasteiger partial charge on any atom is -0.396 e. The first-order chi connectivity index (χ1) is 6.38. The molecular formula is C10H21NO2. The van der Waals surface area contributed by atoms with Crippen LogP contribution >= 0.6 is 0 Å². The Hall–Kier alpha value is -0.120. The maximum absolute atomic E-state index is 8.74. The average Bonchev–Trinajstić information content (AvgIpc) is 2.06. The van der Waals surface area contributed by atoms with Gasteiger partial charge in [0.1, 0.15) is 0 Å². The van der Waals surface area contributed by atoms with Gasteiger partial charge in [0.25, 0.3) is 0 Å². The molecule has 0 radical (unpaired) electrons. The van der Waals surface area contributed by atoms with Gasteiger partial charge in [-0.1, -0.05) is 6.42 Å². The molecule has 1 aliphatic rings. The number of hydrogen-bond donors (Lipinski definition) is 2. The fourth-order valence-corrected chi connectivity index (χ4v) is 1.78. The molecule has 1 rings (SSSR count). The highest BCUT2D eigenvalue weighted by molar-refractivity contribution is 4.79. The zero-order valence-corrected chi connectivity index (χ0v) is 8.28. The van der Waals surface area contributed by atoms with Gasteiger partial charge in [-0.25, -0.2) is 0 Å². The van der Waals surface area contributed by atoms with Crippen LogP contribution in [-0.4, -0.2) is 47.5 Å². The van der Waals surface area contributed by atoms with Crippen molar-refractivity contribution in [3.8, 4) is 0 Å². The Bertz CT molecular complexity index is 118. The van der Waals surface area contributed by atoms with Crippen LogP contribution in [0, 0.1) is 0 Å². The zero-order chi connectivity index (χ0) is 9.52. The van der Waals surface area contributed by atoms with E-state index < -0.39 is 0 Å². The second kappa shape index (κ2) is 6.35. The summed E-state index contributed by atoms with van der Waals surface area (Å²) in [5, 5.41) is 17.5. The standard InChI is InChI=1S/C10H21NO2/c12-8-2-6-11(7-3-9-13)10-4-1-5-10/h10,12-13H,1-9H2. The Kier molecular flexibility index (Phi) is 5.35. The summed E-state index contributed by atoms with van der Waals surface area (Å²) < 4.78 is 0. The van der Waals surface area contributed by atoms with Gasteiger partial charge in [0.2, 0.25) is 0 Å². The molecule has 0 aromatic heterocycles. The van der Waals surface area contributed by atoms with Crippen LogP contribution in [0.4, 0.5) is 0 Å². The van der Waals surface area contributed by atoms with E-state index in [4.69, 9.17) is 10.2 Å². The lowest BCUT2D eigenvalue weighted by Crippen LogP contribution is -2.41. The molecule has 13 heavy (non-hydrogen) atoms. The Morgan fingerprint density at radius 3 is 1.85 bits per heavy atom. The van der Waals surface area contributed by atoms with E-state index in [-0.39, 0.29) is 13.2 Å². The predicted molar refractivity (Wildman–Crippen MR) is 52.6 cm³/mol. The molecule has 1 aliphatic carbocycles. The van der Waals surface area contributed by atoms with Gasteiger partial charge in [-0.3, -0.25) is 0 Å². The van der Waals surface area contributed by atoms with Gasteiger partial charge in [-0.05, 0) is 25.7 Å². The minimum absolute atomic E-state index is 0.280. The molecule has 0 amide bonds. The fraction of sp³-hybridized carbons (Fsp3) is 1.00. The van der Waals surface area contributed by atoms with E-state index in [1.807, 2.05) is 0 Å². The molecule has 0 unspecified atom stereocenters. The van der Waals surface area contributed by atoms with Crippen molar-refractivity contribution in [1.29, 1.82) is 0 Å². The smallest absolute Gasteiger partial charge is 0.0443 e. The number of nitrogens with zero attached hydrogens (tertiary/aromatic N) is 1. The van der Waals surface area contributed by atoms with Crippen molar-refractivity contribution < 1.29 is 10.2 Å². The van der Waals surface area contributed by atoms with Crippen LogP contribution in [0.25, 0.3) is 0 Å². The first kappa shape index (κ1) is 11.0. The molecular weight excluding hydrogens is 166 g/mol. The Balaban J connectivity index is 2.16. The summed E-state index contributed by atoms with van der Waals surface area (Å²) in [5.74, 6) is 0. The molecule has 0 atom stereocenters. The predicted octanol–water partition coefficient (Wildman–Crippen LogP) is 0.606. The van der Waals surface area contributed by atoms with Crippen LogP contribution in [-0.2, 0) is 0 Å². The van der Waals surface area contributed by atoms with Crippen molar-refractivity contribution in [3.05, 3.63) is 0 Å². The summed E-state index contributed by atoms with van der Waals surface area (Å²) in [4.78, 5) is 2.41. The summed E-state index contributed by atoms with van der Waals surface area (Å²) in [7, 11) is 0. The van der Waals surface area contributed by atoms with E-state index in [1.54, 1.807) is 0 Å². The summed E-state index contributed by atoms with van der Waals surface area (Å²) >= 11 is 0. The fourth-order valence-electron chi connectivity index (χ4n) is 1.78. The van der Waals surface area contributed by atoms with Crippen molar-refractivity contribution in [2.75, 3.05) is 26.3 Å².